The predicted molar refractivity (Wildman–Crippen MR) is 85.0 cm³/mol. The van der Waals surface area contributed by atoms with E-state index in [1.54, 1.807) is 11.3 Å². The van der Waals surface area contributed by atoms with Crippen LogP contribution in [0.5, 0.6) is 0 Å². The second kappa shape index (κ2) is 5.61. The number of thioether (sulfide) groups is 1. The van der Waals surface area contributed by atoms with E-state index in [0.717, 1.165) is 27.5 Å². The number of thiophene rings is 1. The third kappa shape index (κ3) is 2.73. The second-order valence-electron chi connectivity index (χ2n) is 4.68. The average molecular weight is 321 g/mol. The van der Waals surface area contributed by atoms with Gasteiger partial charge in [0.2, 0.25) is 5.16 Å². The molecule has 0 unspecified atom stereocenters. The molecule has 3 aromatic heterocycles. The zero-order valence-corrected chi connectivity index (χ0v) is 13.6. The van der Waals surface area contributed by atoms with Gasteiger partial charge in [-0.15, -0.1) is 16.4 Å². The minimum absolute atomic E-state index is 0.0679. The van der Waals surface area contributed by atoms with E-state index in [9.17, 15) is 4.79 Å². The lowest BCUT2D eigenvalue weighted by Crippen LogP contribution is -2.10. The molecular formula is C13H15N5OS2. The van der Waals surface area contributed by atoms with Crippen molar-refractivity contribution >= 4 is 33.3 Å². The highest BCUT2D eigenvalue weighted by atomic mass is 32.2. The molecule has 2 N–H and O–H groups in total. The van der Waals surface area contributed by atoms with Crippen LogP contribution in [0.25, 0.3) is 10.2 Å². The van der Waals surface area contributed by atoms with E-state index < -0.39 is 0 Å². The van der Waals surface area contributed by atoms with Crippen molar-refractivity contribution in [3.8, 4) is 0 Å². The molecule has 3 aromatic rings. The summed E-state index contributed by atoms with van der Waals surface area (Å²) < 4.78 is 0. The second-order valence-corrected chi connectivity index (χ2v) is 6.83. The molecule has 0 amide bonds. The lowest BCUT2D eigenvalue weighted by Gasteiger charge is -1.98. The first-order chi connectivity index (χ1) is 10.1. The van der Waals surface area contributed by atoms with E-state index >= 15 is 0 Å². The maximum atomic E-state index is 12.2. The third-order valence-electron chi connectivity index (χ3n) is 3.27. The fraction of sp³-hybridized carbons (Fsp3) is 0.385. The van der Waals surface area contributed by atoms with Crippen molar-refractivity contribution in [2.45, 2.75) is 38.1 Å². The Hall–Kier alpha value is -1.67. The highest BCUT2D eigenvalue weighted by Crippen LogP contribution is 2.26. The molecule has 21 heavy (non-hydrogen) atoms. The summed E-state index contributed by atoms with van der Waals surface area (Å²) in [6.07, 6.45) is 0.822. The van der Waals surface area contributed by atoms with Crippen molar-refractivity contribution in [3.05, 3.63) is 32.4 Å². The summed E-state index contributed by atoms with van der Waals surface area (Å²) in [4.78, 5) is 25.8. The van der Waals surface area contributed by atoms with Crippen LogP contribution in [-0.4, -0.2) is 25.1 Å². The van der Waals surface area contributed by atoms with Gasteiger partial charge in [0.05, 0.1) is 11.1 Å². The standard InChI is InChI=1S/C13H15N5OS2/c1-4-8-16-13(18-17-8)20-5-9-14-11(19)10-6(2)7(3)21-12(10)15-9/h4-5H2,1-3H3,(H,14,15,19)(H,16,17,18). The SMILES string of the molecule is CCc1nc(SCc2nc3sc(C)c(C)c3c(=O)[nH]2)n[nH]1. The Balaban J connectivity index is 1.86. The van der Waals surface area contributed by atoms with E-state index in [-0.39, 0.29) is 5.56 Å². The quantitative estimate of drug-likeness (QED) is 0.721. The molecule has 0 aromatic carbocycles. The summed E-state index contributed by atoms with van der Waals surface area (Å²) in [6, 6.07) is 0. The topological polar surface area (TPSA) is 87.3 Å². The maximum Gasteiger partial charge on any atom is 0.259 e. The average Bonchev–Trinajstić information content (AvgIpc) is 3.02. The fourth-order valence-corrected chi connectivity index (χ4v) is 3.74. The van der Waals surface area contributed by atoms with E-state index in [1.807, 2.05) is 20.8 Å². The molecule has 0 radical (unpaired) electrons. The van der Waals surface area contributed by atoms with Crippen LogP contribution in [0.3, 0.4) is 0 Å². The Kier molecular flexibility index (Phi) is 3.81. The van der Waals surface area contributed by atoms with Crippen LogP contribution in [0.1, 0.15) is 29.0 Å². The Morgan fingerprint density at radius 2 is 2.05 bits per heavy atom. The number of rotatable bonds is 4. The first kappa shape index (κ1) is 14.3. The Bertz CT molecular complexity index is 848. The summed E-state index contributed by atoms with van der Waals surface area (Å²) in [7, 11) is 0. The molecule has 110 valence electrons. The maximum absolute atomic E-state index is 12.2. The van der Waals surface area contributed by atoms with Crippen LogP contribution in [-0.2, 0) is 12.2 Å². The third-order valence-corrected chi connectivity index (χ3v) is 5.23. The van der Waals surface area contributed by atoms with Gasteiger partial charge in [0.1, 0.15) is 16.5 Å². The van der Waals surface area contributed by atoms with Crippen LogP contribution in [0.4, 0.5) is 0 Å². The lowest BCUT2D eigenvalue weighted by atomic mass is 10.2. The van der Waals surface area contributed by atoms with Crippen molar-refractivity contribution in [3.63, 3.8) is 0 Å². The molecule has 0 saturated heterocycles. The zero-order chi connectivity index (χ0) is 15.0. The van der Waals surface area contributed by atoms with Gasteiger partial charge in [-0.25, -0.2) is 9.97 Å². The largest absolute Gasteiger partial charge is 0.309 e. The summed E-state index contributed by atoms with van der Waals surface area (Å²) >= 11 is 3.02. The number of fused-ring (bicyclic) bond motifs is 1. The van der Waals surface area contributed by atoms with Crippen LogP contribution in [0.2, 0.25) is 0 Å². The van der Waals surface area contributed by atoms with Gasteiger partial charge in [-0.3, -0.25) is 9.89 Å². The number of aromatic nitrogens is 5. The van der Waals surface area contributed by atoms with Gasteiger partial charge in [-0.1, -0.05) is 18.7 Å². The number of nitrogens with one attached hydrogen (secondary N) is 2. The molecule has 0 saturated carbocycles. The summed E-state index contributed by atoms with van der Waals surface area (Å²) in [6.45, 7) is 5.98. The summed E-state index contributed by atoms with van der Waals surface area (Å²) in [5.74, 6) is 2.06. The number of hydrogen-bond acceptors (Lipinski definition) is 6. The van der Waals surface area contributed by atoms with Crippen molar-refractivity contribution in [2.75, 3.05) is 0 Å². The molecule has 0 aliphatic rings. The Morgan fingerprint density at radius 1 is 1.24 bits per heavy atom. The van der Waals surface area contributed by atoms with Gasteiger partial charge < -0.3 is 4.98 Å². The van der Waals surface area contributed by atoms with Gasteiger partial charge in [0.25, 0.3) is 5.56 Å². The normalized spacial score (nSPS) is 11.4. The molecule has 0 atom stereocenters. The highest BCUT2D eigenvalue weighted by Gasteiger charge is 2.12. The van der Waals surface area contributed by atoms with Crippen LogP contribution in [0, 0.1) is 13.8 Å². The Labute approximate surface area is 129 Å². The molecule has 0 spiro atoms. The number of hydrogen-bond donors (Lipinski definition) is 2. The van der Waals surface area contributed by atoms with Crippen LogP contribution >= 0.6 is 23.1 Å². The molecule has 3 rings (SSSR count). The van der Waals surface area contributed by atoms with Gasteiger partial charge in [-0.2, -0.15) is 0 Å². The van der Waals surface area contributed by atoms with Crippen LogP contribution in [0.15, 0.2) is 9.95 Å². The van der Waals surface area contributed by atoms with E-state index in [1.165, 1.54) is 11.8 Å². The van der Waals surface area contributed by atoms with Gasteiger partial charge in [0, 0.05) is 11.3 Å². The monoisotopic (exact) mass is 321 g/mol. The van der Waals surface area contributed by atoms with Crippen molar-refractivity contribution in [1.29, 1.82) is 0 Å². The van der Waals surface area contributed by atoms with Crippen molar-refractivity contribution < 1.29 is 0 Å². The minimum atomic E-state index is -0.0679. The molecular weight excluding hydrogens is 306 g/mol. The summed E-state index contributed by atoms with van der Waals surface area (Å²) in [5, 5.41) is 8.37. The molecule has 0 aliphatic heterocycles. The highest BCUT2D eigenvalue weighted by molar-refractivity contribution is 7.98. The van der Waals surface area contributed by atoms with Crippen LogP contribution < -0.4 is 5.56 Å². The number of aromatic amines is 2. The smallest absolute Gasteiger partial charge is 0.259 e. The van der Waals surface area contributed by atoms with Gasteiger partial charge in [0.15, 0.2) is 0 Å². The predicted octanol–water partition coefficient (Wildman–Crippen LogP) is 2.57. The first-order valence-corrected chi connectivity index (χ1v) is 8.41. The molecule has 3 heterocycles. The number of nitrogens with zero attached hydrogens (tertiary/aromatic N) is 3. The van der Waals surface area contributed by atoms with E-state index in [0.29, 0.717) is 22.1 Å². The van der Waals surface area contributed by atoms with Crippen molar-refractivity contribution in [2.24, 2.45) is 0 Å². The van der Waals surface area contributed by atoms with Crippen molar-refractivity contribution in [1.82, 2.24) is 25.1 Å². The van der Waals surface area contributed by atoms with Gasteiger partial charge >= 0.3 is 0 Å². The molecule has 0 aliphatic carbocycles. The minimum Gasteiger partial charge on any atom is -0.309 e. The Morgan fingerprint density at radius 3 is 2.76 bits per heavy atom. The van der Waals surface area contributed by atoms with E-state index in [4.69, 9.17) is 0 Å². The fourth-order valence-electron chi connectivity index (χ4n) is 2.00. The number of aryl methyl sites for hydroxylation is 3. The molecule has 0 fully saturated rings. The zero-order valence-electron chi connectivity index (χ0n) is 12.0. The lowest BCUT2D eigenvalue weighted by molar-refractivity contribution is 0.940. The first-order valence-electron chi connectivity index (χ1n) is 6.61. The molecule has 6 nitrogen and oxygen atoms in total. The summed E-state index contributed by atoms with van der Waals surface area (Å²) in [5.41, 5.74) is 0.950. The molecule has 8 heteroatoms. The number of H-pyrrole nitrogens is 2. The van der Waals surface area contributed by atoms with Gasteiger partial charge in [-0.05, 0) is 19.4 Å². The molecule has 0 bridgehead atoms. The van der Waals surface area contributed by atoms with E-state index in [2.05, 4.69) is 25.1 Å².